The fraction of sp³-hybridized carbons (Fsp3) is 0.333. The summed E-state index contributed by atoms with van der Waals surface area (Å²) in [5.41, 5.74) is 0.445. The molecule has 0 aliphatic rings. The molecule has 17 heavy (non-hydrogen) atoms. The molecule has 0 amide bonds. The minimum absolute atomic E-state index is 0.148. The third-order valence-corrected chi connectivity index (χ3v) is 2.05. The third kappa shape index (κ3) is 4.24. The predicted molar refractivity (Wildman–Crippen MR) is 59.9 cm³/mol. The van der Waals surface area contributed by atoms with Crippen LogP contribution in [0, 0.1) is 0 Å². The normalized spacial score (nSPS) is 9.76. The van der Waals surface area contributed by atoms with Gasteiger partial charge >= 0.3 is 5.97 Å². The molecule has 1 aromatic rings. The van der Waals surface area contributed by atoms with Gasteiger partial charge in [-0.05, 0) is 24.3 Å². The maximum absolute atomic E-state index is 11.6. The Hall–Kier alpha value is -1.88. The molecule has 0 fully saturated rings. The molecule has 0 atom stereocenters. The van der Waals surface area contributed by atoms with E-state index in [9.17, 15) is 9.59 Å². The fourth-order valence-corrected chi connectivity index (χ4v) is 1.17. The number of esters is 1. The first-order valence-corrected chi connectivity index (χ1v) is 4.99. The van der Waals surface area contributed by atoms with E-state index in [0.29, 0.717) is 11.3 Å². The molecule has 5 nitrogen and oxygen atoms in total. The molecule has 0 heterocycles. The van der Waals surface area contributed by atoms with Crippen LogP contribution in [0.25, 0.3) is 0 Å². The molecule has 0 radical (unpaired) electrons. The number of Topliss-reactive ketones (excluding diaryl/α,β-unsaturated/α-hetero) is 1. The van der Waals surface area contributed by atoms with Crippen molar-refractivity contribution in [1.29, 1.82) is 0 Å². The average Bonchev–Trinajstić information content (AvgIpc) is 2.36. The number of hydrogen-bond acceptors (Lipinski definition) is 5. The SMILES string of the molecule is COCOc1ccc(C(=O)CC(=O)OC)cc1. The van der Waals surface area contributed by atoms with Crippen molar-refractivity contribution in [3.8, 4) is 5.75 Å². The zero-order chi connectivity index (χ0) is 12.7. The van der Waals surface area contributed by atoms with Crippen molar-refractivity contribution in [2.24, 2.45) is 0 Å². The Labute approximate surface area is 99.3 Å². The van der Waals surface area contributed by atoms with E-state index in [1.165, 1.54) is 14.2 Å². The topological polar surface area (TPSA) is 61.8 Å². The Morgan fingerprint density at radius 2 is 1.76 bits per heavy atom. The summed E-state index contributed by atoms with van der Waals surface area (Å²) in [6.07, 6.45) is -0.255. The van der Waals surface area contributed by atoms with E-state index in [0.717, 1.165) is 0 Å². The van der Waals surface area contributed by atoms with Gasteiger partial charge in [0.1, 0.15) is 12.2 Å². The van der Waals surface area contributed by atoms with Crippen LogP contribution < -0.4 is 4.74 Å². The van der Waals surface area contributed by atoms with Crippen LogP contribution in [-0.2, 0) is 14.3 Å². The highest BCUT2D eigenvalue weighted by Gasteiger charge is 2.11. The molecule has 0 spiro atoms. The van der Waals surface area contributed by atoms with Gasteiger partial charge in [0, 0.05) is 12.7 Å². The van der Waals surface area contributed by atoms with Crippen LogP contribution in [0.3, 0.4) is 0 Å². The van der Waals surface area contributed by atoms with Gasteiger partial charge in [0.15, 0.2) is 12.6 Å². The molecule has 1 aromatic carbocycles. The van der Waals surface area contributed by atoms with E-state index in [-0.39, 0.29) is 19.0 Å². The van der Waals surface area contributed by atoms with E-state index >= 15 is 0 Å². The van der Waals surface area contributed by atoms with Crippen LogP contribution in [-0.4, -0.2) is 32.8 Å². The molecular weight excluding hydrogens is 224 g/mol. The molecule has 0 aliphatic heterocycles. The lowest BCUT2D eigenvalue weighted by Crippen LogP contribution is -2.09. The Kier molecular flexibility index (Phi) is 5.16. The second-order valence-corrected chi connectivity index (χ2v) is 3.25. The molecular formula is C12H14O5. The summed E-state index contributed by atoms with van der Waals surface area (Å²) in [7, 11) is 2.77. The maximum Gasteiger partial charge on any atom is 0.313 e. The lowest BCUT2D eigenvalue weighted by atomic mass is 10.1. The summed E-state index contributed by atoms with van der Waals surface area (Å²) in [4.78, 5) is 22.5. The van der Waals surface area contributed by atoms with Crippen molar-refractivity contribution >= 4 is 11.8 Å². The lowest BCUT2D eigenvalue weighted by molar-refractivity contribution is -0.139. The van der Waals surface area contributed by atoms with Crippen molar-refractivity contribution < 1.29 is 23.8 Å². The highest BCUT2D eigenvalue weighted by Crippen LogP contribution is 2.13. The van der Waals surface area contributed by atoms with Crippen LogP contribution in [0.2, 0.25) is 0 Å². The van der Waals surface area contributed by atoms with Crippen LogP contribution in [0.5, 0.6) is 5.75 Å². The second-order valence-electron chi connectivity index (χ2n) is 3.25. The van der Waals surface area contributed by atoms with E-state index < -0.39 is 5.97 Å². The minimum Gasteiger partial charge on any atom is -0.469 e. The van der Waals surface area contributed by atoms with E-state index in [2.05, 4.69) is 4.74 Å². The highest BCUT2D eigenvalue weighted by atomic mass is 16.7. The van der Waals surface area contributed by atoms with Gasteiger partial charge in [-0.3, -0.25) is 9.59 Å². The van der Waals surface area contributed by atoms with Crippen LogP contribution >= 0.6 is 0 Å². The lowest BCUT2D eigenvalue weighted by Gasteiger charge is -2.05. The molecule has 1 rings (SSSR count). The van der Waals surface area contributed by atoms with Crippen molar-refractivity contribution in [1.82, 2.24) is 0 Å². The van der Waals surface area contributed by atoms with Crippen LogP contribution in [0.1, 0.15) is 16.8 Å². The third-order valence-electron chi connectivity index (χ3n) is 2.05. The van der Waals surface area contributed by atoms with Gasteiger partial charge in [-0.1, -0.05) is 0 Å². The quantitative estimate of drug-likeness (QED) is 0.324. The number of carbonyl (C=O) groups excluding carboxylic acids is 2. The Bertz CT molecular complexity index is 382. The molecule has 0 bridgehead atoms. The van der Waals surface area contributed by atoms with Gasteiger partial charge in [0.2, 0.25) is 0 Å². The van der Waals surface area contributed by atoms with Gasteiger partial charge in [-0.2, -0.15) is 0 Å². The van der Waals surface area contributed by atoms with Crippen molar-refractivity contribution in [2.75, 3.05) is 21.0 Å². The molecule has 0 saturated carbocycles. The van der Waals surface area contributed by atoms with E-state index in [1.807, 2.05) is 0 Å². The number of rotatable bonds is 6. The van der Waals surface area contributed by atoms with E-state index in [1.54, 1.807) is 24.3 Å². The number of hydrogen-bond donors (Lipinski definition) is 0. The zero-order valence-electron chi connectivity index (χ0n) is 9.76. The maximum atomic E-state index is 11.6. The summed E-state index contributed by atoms with van der Waals surface area (Å²) < 4.78 is 14.3. The van der Waals surface area contributed by atoms with Gasteiger partial charge in [0.05, 0.1) is 7.11 Å². The van der Waals surface area contributed by atoms with Gasteiger partial charge in [0.25, 0.3) is 0 Å². The standard InChI is InChI=1S/C12H14O5/c1-15-8-17-10-5-3-9(4-6-10)11(13)7-12(14)16-2/h3-6H,7-8H2,1-2H3. The first kappa shape index (κ1) is 13.2. The Balaban J connectivity index is 2.60. The molecule has 92 valence electrons. The Morgan fingerprint density at radius 3 is 2.29 bits per heavy atom. The smallest absolute Gasteiger partial charge is 0.313 e. The summed E-state index contributed by atoms with van der Waals surface area (Å²) in [6, 6.07) is 6.47. The number of ketones is 1. The summed E-state index contributed by atoms with van der Waals surface area (Å²) in [5.74, 6) is -0.230. The summed E-state index contributed by atoms with van der Waals surface area (Å²) in [5, 5.41) is 0. The highest BCUT2D eigenvalue weighted by molar-refractivity contribution is 6.05. The number of carbonyl (C=O) groups is 2. The average molecular weight is 238 g/mol. The number of ether oxygens (including phenoxy) is 3. The van der Waals surface area contributed by atoms with Gasteiger partial charge in [-0.25, -0.2) is 0 Å². The van der Waals surface area contributed by atoms with Crippen molar-refractivity contribution in [2.45, 2.75) is 6.42 Å². The monoisotopic (exact) mass is 238 g/mol. The zero-order valence-corrected chi connectivity index (χ0v) is 9.76. The summed E-state index contributed by atoms with van der Waals surface area (Å²) >= 11 is 0. The van der Waals surface area contributed by atoms with Crippen molar-refractivity contribution in [3.63, 3.8) is 0 Å². The minimum atomic E-state index is -0.547. The Morgan fingerprint density at radius 1 is 1.12 bits per heavy atom. The molecule has 0 aliphatic carbocycles. The van der Waals surface area contributed by atoms with Crippen molar-refractivity contribution in [3.05, 3.63) is 29.8 Å². The molecule has 0 unspecified atom stereocenters. The van der Waals surface area contributed by atoms with E-state index in [4.69, 9.17) is 9.47 Å². The van der Waals surface area contributed by atoms with Gasteiger partial charge in [-0.15, -0.1) is 0 Å². The number of benzene rings is 1. The first-order valence-electron chi connectivity index (χ1n) is 4.99. The molecule has 0 N–H and O–H groups in total. The first-order chi connectivity index (χ1) is 8.17. The fourth-order valence-electron chi connectivity index (χ4n) is 1.17. The predicted octanol–water partition coefficient (Wildman–Crippen LogP) is 1.42. The van der Waals surface area contributed by atoms with Gasteiger partial charge < -0.3 is 14.2 Å². The largest absolute Gasteiger partial charge is 0.469 e. The second kappa shape index (κ2) is 6.65. The number of methoxy groups -OCH3 is 2. The molecule has 5 heteroatoms. The summed E-state index contributed by atoms with van der Waals surface area (Å²) in [6.45, 7) is 0.148. The van der Waals surface area contributed by atoms with Crippen LogP contribution in [0.4, 0.5) is 0 Å². The molecule has 0 aromatic heterocycles. The molecule has 0 saturated heterocycles. The van der Waals surface area contributed by atoms with Crippen LogP contribution in [0.15, 0.2) is 24.3 Å².